The third-order valence-electron chi connectivity index (χ3n) is 2.60. The van der Waals surface area contributed by atoms with Crippen molar-refractivity contribution in [2.75, 3.05) is 6.61 Å². The van der Waals surface area contributed by atoms with E-state index in [1.54, 1.807) is 18.2 Å². The van der Waals surface area contributed by atoms with Gasteiger partial charge < -0.3 is 4.74 Å². The van der Waals surface area contributed by atoms with Crippen molar-refractivity contribution in [3.8, 4) is 6.07 Å². The van der Waals surface area contributed by atoms with Crippen molar-refractivity contribution in [2.24, 2.45) is 0 Å². The lowest BCUT2D eigenvalue weighted by Crippen LogP contribution is -2.33. The van der Waals surface area contributed by atoms with Crippen molar-refractivity contribution >= 4 is 5.97 Å². The van der Waals surface area contributed by atoms with Crippen molar-refractivity contribution in [3.63, 3.8) is 0 Å². The predicted molar refractivity (Wildman–Crippen MR) is 68.1 cm³/mol. The third-order valence-corrected chi connectivity index (χ3v) is 2.60. The summed E-state index contributed by atoms with van der Waals surface area (Å²) < 4.78 is 6.69. The molecule has 0 unspecified atom stereocenters. The Balaban J connectivity index is 2.03. The molecule has 0 aliphatic carbocycles. The second kappa shape index (κ2) is 6.31. The molecule has 0 saturated heterocycles. The first-order chi connectivity index (χ1) is 9.29. The molecule has 1 aromatic heterocycles. The lowest BCUT2D eigenvalue weighted by molar-refractivity contribution is -0.688. The Morgan fingerprint density at radius 3 is 2.47 bits per heavy atom. The molecule has 0 bridgehead atoms. The van der Waals surface area contributed by atoms with Crippen molar-refractivity contribution in [1.82, 2.24) is 0 Å². The zero-order chi connectivity index (χ0) is 13.5. The maximum Gasteiger partial charge on any atom is 0.339 e. The number of benzene rings is 1. The quantitative estimate of drug-likeness (QED) is 0.615. The van der Waals surface area contributed by atoms with Crippen molar-refractivity contribution in [1.29, 1.82) is 5.26 Å². The van der Waals surface area contributed by atoms with Crippen LogP contribution in [0.3, 0.4) is 0 Å². The van der Waals surface area contributed by atoms with Gasteiger partial charge in [0.15, 0.2) is 25.5 Å². The van der Waals surface area contributed by atoms with Gasteiger partial charge in [-0.25, -0.2) is 9.36 Å². The average molecular weight is 253 g/mol. The minimum Gasteiger partial charge on any atom is -0.447 e. The van der Waals surface area contributed by atoms with Crippen LogP contribution in [0.15, 0.2) is 54.9 Å². The highest BCUT2D eigenvalue weighted by Gasteiger charge is 2.09. The highest BCUT2D eigenvalue weighted by atomic mass is 16.5. The van der Waals surface area contributed by atoms with Gasteiger partial charge in [0.05, 0.1) is 5.56 Å². The van der Waals surface area contributed by atoms with E-state index >= 15 is 0 Å². The van der Waals surface area contributed by atoms with Crippen LogP contribution in [0.2, 0.25) is 0 Å². The molecule has 4 nitrogen and oxygen atoms in total. The van der Waals surface area contributed by atoms with Gasteiger partial charge in [0.1, 0.15) is 6.07 Å². The van der Waals surface area contributed by atoms with Crippen LogP contribution < -0.4 is 4.57 Å². The molecule has 0 saturated carbocycles. The van der Waals surface area contributed by atoms with Crippen LogP contribution in [0.25, 0.3) is 0 Å². The smallest absolute Gasteiger partial charge is 0.339 e. The number of rotatable bonds is 4. The molecule has 0 atom stereocenters. The molecule has 0 fully saturated rings. The first kappa shape index (κ1) is 12.8. The van der Waals surface area contributed by atoms with Crippen LogP contribution in [-0.2, 0) is 11.3 Å². The summed E-state index contributed by atoms with van der Waals surface area (Å²) in [4.78, 5) is 11.5. The molecule has 4 heteroatoms. The lowest BCUT2D eigenvalue weighted by Gasteiger charge is -2.00. The number of carbonyl (C=O) groups excluding carboxylic acids is 1. The normalized spacial score (nSPS) is 9.63. The number of ether oxygens (including phenoxy) is 1. The number of hydrogen-bond donors (Lipinski definition) is 0. The lowest BCUT2D eigenvalue weighted by atomic mass is 10.2. The van der Waals surface area contributed by atoms with E-state index in [1.807, 2.05) is 47.3 Å². The van der Waals surface area contributed by atoms with Crippen LogP contribution in [-0.4, -0.2) is 12.6 Å². The molecule has 2 aromatic rings. The molecule has 0 aliphatic rings. The van der Waals surface area contributed by atoms with E-state index in [0.717, 1.165) is 6.54 Å². The van der Waals surface area contributed by atoms with E-state index in [-0.39, 0.29) is 6.61 Å². The van der Waals surface area contributed by atoms with Crippen molar-refractivity contribution in [3.05, 3.63) is 66.0 Å². The van der Waals surface area contributed by atoms with E-state index in [0.29, 0.717) is 5.56 Å². The first-order valence-corrected chi connectivity index (χ1v) is 5.86. The van der Waals surface area contributed by atoms with E-state index in [9.17, 15) is 4.79 Å². The van der Waals surface area contributed by atoms with E-state index in [1.165, 1.54) is 5.56 Å². The molecule has 1 aromatic carbocycles. The summed E-state index contributed by atoms with van der Waals surface area (Å²) >= 11 is 0. The van der Waals surface area contributed by atoms with Crippen LogP contribution in [0.1, 0.15) is 15.9 Å². The second-order valence-corrected chi connectivity index (χ2v) is 3.98. The fourth-order valence-electron chi connectivity index (χ4n) is 1.67. The fraction of sp³-hybridized carbons (Fsp3) is 0.133. The summed E-state index contributed by atoms with van der Waals surface area (Å²) in [5, 5.41) is 8.34. The molecular weight excluding hydrogens is 240 g/mol. The Labute approximate surface area is 111 Å². The summed E-state index contributed by atoms with van der Waals surface area (Å²) in [5.41, 5.74) is 1.63. The Morgan fingerprint density at radius 2 is 1.84 bits per heavy atom. The van der Waals surface area contributed by atoms with Gasteiger partial charge in [-0.05, 0) is 0 Å². The standard InChI is InChI=1S/C15H13N2O2/c16-8-11-19-15(18)14-6-9-17(10-7-14)12-13-4-2-1-3-5-13/h1-7,9-10H,11-12H2/q+1. The van der Waals surface area contributed by atoms with Crippen LogP contribution >= 0.6 is 0 Å². The van der Waals surface area contributed by atoms with Gasteiger partial charge in [0, 0.05) is 17.7 Å². The summed E-state index contributed by atoms with van der Waals surface area (Å²) in [7, 11) is 0. The maximum absolute atomic E-state index is 11.5. The largest absolute Gasteiger partial charge is 0.447 e. The van der Waals surface area contributed by atoms with Crippen LogP contribution in [0, 0.1) is 11.3 Å². The van der Waals surface area contributed by atoms with Gasteiger partial charge >= 0.3 is 5.97 Å². The summed E-state index contributed by atoms with van der Waals surface area (Å²) in [5.74, 6) is -0.478. The summed E-state index contributed by atoms with van der Waals surface area (Å²) in [6.07, 6.45) is 3.63. The zero-order valence-corrected chi connectivity index (χ0v) is 10.3. The molecule has 0 amide bonds. The topological polar surface area (TPSA) is 54.0 Å². The van der Waals surface area contributed by atoms with Crippen molar-refractivity contribution in [2.45, 2.75) is 6.54 Å². The Kier molecular flexibility index (Phi) is 4.25. The molecule has 1 heterocycles. The second-order valence-electron chi connectivity index (χ2n) is 3.98. The van der Waals surface area contributed by atoms with E-state index in [4.69, 9.17) is 10.00 Å². The Morgan fingerprint density at radius 1 is 1.16 bits per heavy atom. The van der Waals surface area contributed by atoms with Gasteiger partial charge in [0.2, 0.25) is 0 Å². The predicted octanol–water partition coefficient (Wildman–Crippen LogP) is 1.70. The molecule has 0 radical (unpaired) electrons. The molecular formula is C15H13N2O2+. The van der Waals surface area contributed by atoms with Gasteiger partial charge in [-0.1, -0.05) is 30.3 Å². The highest BCUT2D eigenvalue weighted by molar-refractivity contribution is 5.89. The third kappa shape index (κ3) is 3.65. The SMILES string of the molecule is N#CCOC(=O)c1cc[n+](Cc2ccccc2)cc1. The number of pyridine rings is 1. The van der Waals surface area contributed by atoms with Gasteiger partial charge in [-0.3, -0.25) is 0 Å². The molecule has 94 valence electrons. The van der Waals surface area contributed by atoms with E-state index < -0.39 is 5.97 Å². The van der Waals surface area contributed by atoms with Gasteiger partial charge in [-0.15, -0.1) is 0 Å². The average Bonchev–Trinajstić information content (AvgIpc) is 2.46. The highest BCUT2D eigenvalue weighted by Crippen LogP contribution is 2.00. The number of carbonyl (C=O) groups is 1. The van der Waals surface area contributed by atoms with Gasteiger partial charge in [0.25, 0.3) is 0 Å². The first-order valence-electron chi connectivity index (χ1n) is 5.86. The monoisotopic (exact) mass is 253 g/mol. The minimum absolute atomic E-state index is 0.224. The van der Waals surface area contributed by atoms with Gasteiger partial charge in [-0.2, -0.15) is 5.26 Å². The molecule has 19 heavy (non-hydrogen) atoms. The Bertz CT molecular complexity index is 586. The number of nitrogens with zero attached hydrogens (tertiary/aromatic N) is 2. The zero-order valence-electron chi connectivity index (χ0n) is 10.3. The fourth-order valence-corrected chi connectivity index (χ4v) is 1.67. The number of esters is 1. The Hall–Kier alpha value is -2.67. The number of hydrogen-bond acceptors (Lipinski definition) is 3. The molecule has 0 aliphatic heterocycles. The number of aromatic nitrogens is 1. The van der Waals surface area contributed by atoms with Crippen LogP contribution in [0.4, 0.5) is 0 Å². The minimum atomic E-state index is -0.478. The number of nitriles is 1. The molecule has 0 N–H and O–H groups in total. The molecule has 0 spiro atoms. The van der Waals surface area contributed by atoms with Crippen LogP contribution in [0.5, 0.6) is 0 Å². The summed E-state index contributed by atoms with van der Waals surface area (Å²) in [6, 6.07) is 15.2. The molecule has 2 rings (SSSR count). The van der Waals surface area contributed by atoms with E-state index in [2.05, 4.69) is 0 Å². The summed E-state index contributed by atoms with van der Waals surface area (Å²) in [6.45, 7) is 0.520. The van der Waals surface area contributed by atoms with Crippen molar-refractivity contribution < 1.29 is 14.1 Å². The maximum atomic E-state index is 11.5.